The molecule has 1 aliphatic heterocycles. The van der Waals surface area contributed by atoms with Crippen LogP contribution in [0.1, 0.15) is 90.9 Å². The molecule has 11 heteroatoms. The first-order chi connectivity index (χ1) is 18.4. The van der Waals surface area contributed by atoms with Crippen molar-refractivity contribution in [2.75, 3.05) is 47.5 Å². The topological polar surface area (TPSA) is 124 Å². The molecule has 0 aromatic carbocycles. The van der Waals surface area contributed by atoms with Crippen LogP contribution in [0.25, 0.3) is 0 Å². The van der Waals surface area contributed by atoms with Gasteiger partial charge in [0.2, 0.25) is 0 Å². The number of phosphoric acid groups is 1. The van der Waals surface area contributed by atoms with Crippen LogP contribution in [-0.4, -0.2) is 82.2 Å². The van der Waals surface area contributed by atoms with E-state index in [-0.39, 0.29) is 19.6 Å². The molecule has 3 unspecified atom stereocenters. The van der Waals surface area contributed by atoms with Gasteiger partial charge in [0.25, 0.3) is 7.82 Å². The van der Waals surface area contributed by atoms with Crippen molar-refractivity contribution in [1.29, 1.82) is 0 Å². The quantitative estimate of drug-likeness (QED) is 0.0401. The van der Waals surface area contributed by atoms with E-state index in [1.165, 1.54) is 32.6 Å². The number of phosphoric ester groups is 1. The van der Waals surface area contributed by atoms with Gasteiger partial charge in [-0.05, 0) is 32.1 Å². The van der Waals surface area contributed by atoms with Crippen LogP contribution in [0.2, 0.25) is 0 Å². The first kappa shape index (κ1) is 35.7. The normalized spacial score (nSPS) is 19.5. The van der Waals surface area contributed by atoms with Crippen LogP contribution in [0.4, 0.5) is 0 Å². The van der Waals surface area contributed by atoms with E-state index in [4.69, 9.17) is 23.3 Å². The molecule has 228 valence electrons. The zero-order valence-corrected chi connectivity index (χ0v) is 25.7. The first-order valence-electron chi connectivity index (χ1n) is 14.5. The van der Waals surface area contributed by atoms with Crippen molar-refractivity contribution in [2.45, 2.75) is 109 Å². The molecule has 0 radical (unpaired) electrons. The number of rotatable bonds is 24. The Kier molecular flexibility index (Phi) is 18.1. The molecule has 1 aliphatic rings. The lowest BCUT2D eigenvalue weighted by Crippen LogP contribution is -2.37. The summed E-state index contributed by atoms with van der Waals surface area (Å²) in [5.41, 5.74) is 0. The van der Waals surface area contributed by atoms with Crippen molar-refractivity contribution < 1.29 is 46.8 Å². The number of carbonyl (C=O) groups is 2. The zero-order valence-electron chi connectivity index (χ0n) is 24.8. The third-order valence-electron chi connectivity index (χ3n) is 6.27. The van der Waals surface area contributed by atoms with E-state index in [1.807, 2.05) is 21.1 Å². The van der Waals surface area contributed by atoms with E-state index in [1.54, 1.807) is 0 Å². The lowest BCUT2D eigenvalue weighted by Gasteiger charge is -2.28. The molecule has 1 fully saturated rings. The number of ether oxygens (including phenoxy) is 3. The van der Waals surface area contributed by atoms with Crippen LogP contribution in [0.5, 0.6) is 0 Å². The molecule has 4 atom stereocenters. The molecule has 0 aromatic rings. The summed E-state index contributed by atoms with van der Waals surface area (Å²) < 4.78 is 38.2. The van der Waals surface area contributed by atoms with Gasteiger partial charge in [0.15, 0.2) is 6.10 Å². The summed E-state index contributed by atoms with van der Waals surface area (Å²) in [6, 6.07) is 0. The lowest BCUT2D eigenvalue weighted by molar-refractivity contribution is -0.870. The second kappa shape index (κ2) is 19.7. The monoisotopic (exact) mass is 577 g/mol. The number of nitrogens with zero attached hydrogens (tertiary/aromatic N) is 1. The molecule has 0 aromatic heterocycles. The second-order valence-electron chi connectivity index (χ2n) is 11.2. The Balaban J connectivity index is 2.16. The summed E-state index contributed by atoms with van der Waals surface area (Å²) in [4.78, 5) is 35.4. The number of carbonyl (C=O) groups excluding carboxylic acids is 2. The van der Waals surface area contributed by atoms with Gasteiger partial charge in [-0.1, -0.05) is 57.6 Å². The standard InChI is InChI=1S/C28H52NO9P/c1-6-7-14-17-26-27(38-26)18-15-12-10-8-9-11-13-16-19-28(31)37-25(22-34-24(2)30)23-36-39(32,33)35-21-20-29(3,4)5/h12,15,25-27H,6-11,13-14,16-23H2,1-5H3/b15-12-/t25-,26?,27?/m1/s1. The van der Waals surface area contributed by atoms with E-state index in [0.29, 0.717) is 29.7 Å². The van der Waals surface area contributed by atoms with Crippen LogP contribution >= 0.6 is 7.82 Å². The molecule has 1 saturated heterocycles. The summed E-state index contributed by atoms with van der Waals surface area (Å²) in [6.07, 6.45) is 16.4. The first-order valence-corrected chi connectivity index (χ1v) is 15.9. The Hall–Kier alpha value is -1.29. The molecule has 0 N–H and O–H groups in total. The maximum atomic E-state index is 12.3. The Morgan fingerprint density at radius 2 is 1.69 bits per heavy atom. The minimum absolute atomic E-state index is 0.0377. The van der Waals surface area contributed by atoms with E-state index < -0.39 is 32.5 Å². The lowest BCUT2D eigenvalue weighted by atomic mass is 10.1. The Labute approximate surface area is 235 Å². The fourth-order valence-corrected chi connectivity index (χ4v) is 4.58. The highest BCUT2D eigenvalue weighted by Crippen LogP contribution is 2.38. The van der Waals surface area contributed by atoms with Gasteiger partial charge in [-0.2, -0.15) is 0 Å². The van der Waals surface area contributed by atoms with Gasteiger partial charge in [-0.15, -0.1) is 0 Å². The highest BCUT2D eigenvalue weighted by molar-refractivity contribution is 7.45. The summed E-state index contributed by atoms with van der Waals surface area (Å²) in [5.74, 6) is -1.05. The average Bonchev–Trinajstić information content (AvgIpc) is 3.59. The number of likely N-dealkylation sites (N-methyl/N-ethyl adjacent to an activating group) is 1. The summed E-state index contributed by atoms with van der Waals surface area (Å²) in [6.45, 7) is 3.09. The van der Waals surface area contributed by atoms with Crippen molar-refractivity contribution in [1.82, 2.24) is 0 Å². The zero-order chi connectivity index (χ0) is 29.2. The number of hydrogen-bond donors (Lipinski definition) is 0. The number of epoxide rings is 1. The Morgan fingerprint density at radius 1 is 0.974 bits per heavy atom. The number of esters is 2. The molecule has 0 saturated carbocycles. The highest BCUT2D eigenvalue weighted by atomic mass is 31.2. The van der Waals surface area contributed by atoms with Gasteiger partial charge >= 0.3 is 11.9 Å². The van der Waals surface area contributed by atoms with Crippen molar-refractivity contribution in [2.24, 2.45) is 0 Å². The predicted molar refractivity (Wildman–Crippen MR) is 148 cm³/mol. The summed E-state index contributed by atoms with van der Waals surface area (Å²) in [5, 5.41) is 0. The van der Waals surface area contributed by atoms with Crippen molar-refractivity contribution >= 4 is 19.8 Å². The molecular weight excluding hydrogens is 525 g/mol. The number of allylic oxidation sites excluding steroid dienone is 1. The molecule has 0 aliphatic carbocycles. The molecule has 39 heavy (non-hydrogen) atoms. The summed E-state index contributed by atoms with van der Waals surface area (Å²) >= 11 is 0. The molecule has 1 heterocycles. The fraction of sp³-hybridized carbons (Fsp3) is 0.857. The van der Waals surface area contributed by atoms with E-state index >= 15 is 0 Å². The van der Waals surface area contributed by atoms with Gasteiger partial charge in [0.1, 0.15) is 19.8 Å². The van der Waals surface area contributed by atoms with Gasteiger partial charge in [0.05, 0.1) is 40.0 Å². The van der Waals surface area contributed by atoms with Crippen LogP contribution in [0, 0.1) is 0 Å². The average molecular weight is 578 g/mol. The smallest absolute Gasteiger partial charge is 0.306 e. The van der Waals surface area contributed by atoms with Crippen LogP contribution in [0.15, 0.2) is 12.2 Å². The minimum atomic E-state index is -4.58. The predicted octanol–water partition coefficient (Wildman–Crippen LogP) is 4.69. The van der Waals surface area contributed by atoms with Gasteiger partial charge < -0.3 is 32.6 Å². The Morgan fingerprint density at radius 3 is 2.38 bits per heavy atom. The molecule has 0 spiro atoms. The largest absolute Gasteiger partial charge is 0.756 e. The van der Waals surface area contributed by atoms with Crippen LogP contribution in [0.3, 0.4) is 0 Å². The molecule has 1 rings (SSSR count). The van der Waals surface area contributed by atoms with Crippen LogP contribution < -0.4 is 4.89 Å². The third kappa shape index (κ3) is 21.2. The maximum Gasteiger partial charge on any atom is 0.306 e. The van der Waals surface area contributed by atoms with E-state index in [9.17, 15) is 19.0 Å². The SMILES string of the molecule is CCCCCC1OC1C/C=C\CCCCCCCC(=O)O[C@H](COC(C)=O)COP(=O)([O-])OCC[N+](C)(C)C. The number of unbranched alkanes of at least 4 members (excludes halogenated alkanes) is 7. The highest BCUT2D eigenvalue weighted by Gasteiger charge is 2.36. The fourth-order valence-electron chi connectivity index (χ4n) is 3.86. The Bertz CT molecular complexity index is 769. The van der Waals surface area contributed by atoms with Crippen molar-refractivity contribution in [3.8, 4) is 0 Å². The second-order valence-corrected chi connectivity index (χ2v) is 12.6. The molecule has 0 amide bonds. The van der Waals surface area contributed by atoms with Gasteiger partial charge in [-0.25, -0.2) is 0 Å². The summed E-state index contributed by atoms with van der Waals surface area (Å²) in [7, 11) is 1.13. The molecule has 0 bridgehead atoms. The van der Waals surface area contributed by atoms with E-state index in [0.717, 1.165) is 38.5 Å². The van der Waals surface area contributed by atoms with E-state index in [2.05, 4.69) is 19.1 Å². The minimum Gasteiger partial charge on any atom is -0.756 e. The maximum absolute atomic E-state index is 12.3. The third-order valence-corrected chi connectivity index (χ3v) is 7.23. The number of hydrogen-bond acceptors (Lipinski definition) is 9. The van der Waals surface area contributed by atoms with Gasteiger partial charge in [-0.3, -0.25) is 14.2 Å². The molecular formula is C28H52NO9P. The molecule has 10 nitrogen and oxygen atoms in total. The van der Waals surface area contributed by atoms with Crippen molar-refractivity contribution in [3.63, 3.8) is 0 Å². The van der Waals surface area contributed by atoms with Crippen molar-refractivity contribution in [3.05, 3.63) is 12.2 Å². The number of quaternary nitrogens is 1. The van der Waals surface area contributed by atoms with Crippen LogP contribution in [-0.2, 0) is 37.4 Å². The van der Waals surface area contributed by atoms with Gasteiger partial charge in [0, 0.05) is 13.3 Å².